The molecule has 0 bridgehead atoms. The first-order valence-electron chi connectivity index (χ1n) is 22.4. The highest BCUT2D eigenvalue weighted by Gasteiger charge is 2.55. The van der Waals surface area contributed by atoms with Crippen LogP contribution in [0.25, 0.3) is 10.2 Å². The number of oxime groups is 1. The lowest BCUT2D eigenvalue weighted by Gasteiger charge is -2.49. The number of rotatable bonds is 16. The van der Waals surface area contributed by atoms with Crippen LogP contribution >= 0.6 is 34.6 Å². The molecule has 0 spiro atoms. The first kappa shape index (κ1) is 51.5. The maximum absolute atomic E-state index is 14.4. The molecule has 16 nitrogen and oxygen atoms in total. The summed E-state index contributed by atoms with van der Waals surface area (Å²) in [6.45, 7) is 5.53. The Bertz CT molecular complexity index is 3050. The van der Waals surface area contributed by atoms with Crippen LogP contribution in [0.1, 0.15) is 48.8 Å². The van der Waals surface area contributed by atoms with E-state index in [4.69, 9.17) is 24.0 Å². The van der Waals surface area contributed by atoms with Gasteiger partial charge in [-0.05, 0) is 61.2 Å². The van der Waals surface area contributed by atoms with E-state index < -0.39 is 46.4 Å². The molecule has 2 atom stereocenters. The summed E-state index contributed by atoms with van der Waals surface area (Å²) in [6, 6.07) is 39.8. The monoisotopic (exact) mass is 1140 g/mol. The predicted octanol–water partition coefficient (Wildman–Crippen LogP) is 5.25. The van der Waals surface area contributed by atoms with E-state index >= 15 is 0 Å². The van der Waals surface area contributed by atoms with Crippen molar-refractivity contribution in [3.8, 4) is 5.75 Å². The minimum atomic E-state index is -1.05. The number of β-lactam (4-membered cyclic amide) rings is 1. The number of ether oxygens (including phenoxy) is 3. The van der Waals surface area contributed by atoms with E-state index in [0.717, 1.165) is 44.0 Å². The number of hydrogen-bond acceptors (Lipinski definition) is 15. The van der Waals surface area contributed by atoms with Gasteiger partial charge >= 0.3 is 12.1 Å². The Morgan fingerprint density at radius 1 is 0.861 bits per heavy atom. The van der Waals surface area contributed by atoms with Gasteiger partial charge in [0.1, 0.15) is 47.7 Å². The molecule has 3 amide bonds. The number of pyridine rings is 1. The van der Waals surface area contributed by atoms with Gasteiger partial charge in [0, 0.05) is 34.3 Å². The number of fused-ring (bicyclic) bond motifs is 2. The van der Waals surface area contributed by atoms with Gasteiger partial charge in [0.05, 0.1) is 18.2 Å². The van der Waals surface area contributed by atoms with E-state index in [2.05, 4.69) is 25.5 Å². The second kappa shape index (κ2) is 22.3. The van der Waals surface area contributed by atoms with Gasteiger partial charge in [0.25, 0.3) is 16.6 Å². The smallest absolute Gasteiger partial charge is 0.412 e. The van der Waals surface area contributed by atoms with Crippen molar-refractivity contribution in [1.29, 1.82) is 0 Å². The Balaban J connectivity index is 0.00000693. The van der Waals surface area contributed by atoms with Gasteiger partial charge in [0.2, 0.25) is 16.7 Å². The van der Waals surface area contributed by atoms with Gasteiger partial charge in [-0.1, -0.05) is 120 Å². The molecule has 2 aliphatic rings. The summed E-state index contributed by atoms with van der Waals surface area (Å²) in [5.41, 5.74) is 3.00. The van der Waals surface area contributed by atoms with Crippen LogP contribution in [0.5, 0.6) is 5.75 Å². The molecule has 370 valence electrons. The molecular formula is C52H49IN8O8S3. The number of methoxy groups -OCH3 is 1. The molecule has 7 aromatic rings. The fraction of sp³-hybridized carbons (Fsp3) is 0.231. The number of thiophene rings is 1. The van der Waals surface area contributed by atoms with Crippen molar-refractivity contribution in [2.45, 2.75) is 56.5 Å². The molecule has 4 aromatic carbocycles. The standard InChI is InChI=1S/C52H48N8O8S3.HI/c1-51(2,3)68-50(64)53-39-31-70-46-38(39)22-15-27-59(46)28-33-30-69-47-41(45(62)60(47)42(33)48(63)67-29-32-23-25-37(65-4)26-24-32)54-44(61)40(57-66-5)43-55-49(71-58-43)56-52(34-16-9-6-10-17-34,35-18-11-7-12-19-35)36-20-13-8-14-21-36;/h6-27,31,41,47H,28-30H2,1-5H3,(H2-,53,54,55,56,58,61,64);1H/b57-40-;/t41?,47-;/m1./s1. The Kier molecular flexibility index (Phi) is 15.9. The number of carbonyl (C=O) groups is 4. The summed E-state index contributed by atoms with van der Waals surface area (Å²) in [5, 5.41) is 15.7. The minimum Gasteiger partial charge on any atom is -1.00 e. The molecule has 1 saturated heterocycles. The van der Waals surface area contributed by atoms with Crippen molar-refractivity contribution >= 4 is 85.3 Å². The highest BCUT2D eigenvalue weighted by atomic mass is 127. The second-order valence-corrected chi connectivity index (χ2v) is 20.1. The van der Waals surface area contributed by atoms with Crippen LogP contribution in [0.2, 0.25) is 0 Å². The van der Waals surface area contributed by atoms with Crippen molar-refractivity contribution < 1.29 is 66.8 Å². The van der Waals surface area contributed by atoms with Crippen LogP contribution in [-0.4, -0.2) is 80.8 Å². The topological polar surface area (TPSA) is 187 Å². The third-order valence-corrected chi connectivity index (χ3v) is 14.6. The van der Waals surface area contributed by atoms with Crippen LogP contribution in [0, 0.1) is 0 Å². The molecule has 0 radical (unpaired) electrons. The number of aromatic nitrogens is 3. The molecule has 3 N–H and O–H groups in total. The van der Waals surface area contributed by atoms with E-state index in [1.807, 2.05) is 119 Å². The normalized spacial score (nSPS) is 15.7. The summed E-state index contributed by atoms with van der Waals surface area (Å²) in [7, 11) is 2.87. The number of nitrogens with zero attached hydrogens (tertiary/aromatic N) is 5. The summed E-state index contributed by atoms with van der Waals surface area (Å²) >= 11 is 3.86. The first-order valence-corrected chi connectivity index (χ1v) is 25.1. The third kappa shape index (κ3) is 10.8. The zero-order valence-electron chi connectivity index (χ0n) is 39.7. The number of thioether (sulfide) groups is 1. The number of esters is 1. The van der Waals surface area contributed by atoms with Crippen molar-refractivity contribution in [3.63, 3.8) is 0 Å². The number of halogens is 1. The number of carbonyl (C=O) groups excluding carboxylic acids is 4. The van der Waals surface area contributed by atoms with Gasteiger partial charge in [-0.3, -0.25) is 19.8 Å². The minimum absolute atomic E-state index is 0. The van der Waals surface area contributed by atoms with E-state index in [0.29, 0.717) is 27.9 Å². The molecule has 0 saturated carbocycles. The van der Waals surface area contributed by atoms with E-state index in [9.17, 15) is 19.2 Å². The average molecular weight is 1140 g/mol. The average Bonchev–Trinajstić information content (AvgIpc) is 4.03. The molecule has 2 aliphatic heterocycles. The zero-order chi connectivity index (χ0) is 49.7. The molecule has 5 heterocycles. The van der Waals surface area contributed by atoms with E-state index in [1.54, 1.807) is 52.1 Å². The number of hydrogen-bond donors (Lipinski definition) is 3. The van der Waals surface area contributed by atoms with Gasteiger partial charge in [-0.15, -0.1) is 11.8 Å². The van der Waals surface area contributed by atoms with Gasteiger partial charge in [0.15, 0.2) is 12.7 Å². The van der Waals surface area contributed by atoms with E-state index in [1.165, 1.54) is 35.1 Å². The lowest BCUT2D eigenvalue weighted by molar-refractivity contribution is -0.661. The Hall–Kier alpha value is -6.88. The molecule has 3 aromatic heterocycles. The highest BCUT2D eigenvalue weighted by molar-refractivity contribution is 8.00. The molecule has 1 unspecified atom stereocenters. The number of amides is 3. The van der Waals surface area contributed by atoms with Crippen molar-refractivity contribution in [2.24, 2.45) is 5.16 Å². The lowest BCUT2D eigenvalue weighted by Crippen LogP contribution is -3.00. The second-order valence-electron chi connectivity index (χ2n) is 17.4. The van der Waals surface area contributed by atoms with Gasteiger partial charge < -0.3 is 53.7 Å². The summed E-state index contributed by atoms with van der Waals surface area (Å²) < 4.78 is 23.2. The first-order chi connectivity index (χ1) is 34.4. The molecular weight excluding hydrogens is 1090 g/mol. The molecule has 1 fully saturated rings. The highest BCUT2D eigenvalue weighted by Crippen LogP contribution is 2.43. The molecule has 0 aliphatic carbocycles. The lowest BCUT2D eigenvalue weighted by atomic mass is 9.77. The van der Waals surface area contributed by atoms with Crippen molar-refractivity contribution in [3.05, 3.63) is 178 Å². The molecule has 20 heteroatoms. The summed E-state index contributed by atoms with van der Waals surface area (Å²) in [5.74, 6) is -1.01. The Labute approximate surface area is 445 Å². The van der Waals surface area contributed by atoms with Crippen LogP contribution in [0.4, 0.5) is 15.6 Å². The summed E-state index contributed by atoms with van der Waals surface area (Å²) in [4.78, 5) is 67.8. The maximum Gasteiger partial charge on any atom is 0.412 e. The third-order valence-electron chi connectivity index (χ3n) is 11.6. The largest absolute Gasteiger partial charge is 1.00 e. The van der Waals surface area contributed by atoms with Crippen molar-refractivity contribution in [2.75, 3.05) is 30.6 Å². The SMILES string of the molecule is CO/N=C(\C(=O)NC1C(=O)N2C(C(=O)OCc3ccc(OC)cc3)=C(C[n+]3cccc4c(NC(=O)OC(C)(C)C)csc43)CS[C@H]12)c1nsc(NC(c2ccccc2)(c2ccccc2)c2ccccc2)n1.[I-]. The van der Waals surface area contributed by atoms with Crippen LogP contribution in [-0.2, 0) is 47.4 Å². The van der Waals surface area contributed by atoms with Crippen molar-refractivity contribution in [1.82, 2.24) is 19.6 Å². The number of nitrogens with one attached hydrogen (secondary N) is 3. The van der Waals surface area contributed by atoms with Crippen LogP contribution in [0.15, 0.2) is 155 Å². The number of anilines is 2. The summed E-state index contributed by atoms with van der Waals surface area (Å²) in [6.07, 6.45) is 1.29. The fourth-order valence-electron chi connectivity index (χ4n) is 8.42. The van der Waals surface area contributed by atoms with E-state index in [-0.39, 0.29) is 54.4 Å². The fourth-order valence-corrected chi connectivity index (χ4v) is 11.4. The predicted molar refractivity (Wildman–Crippen MR) is 273 cm³/mol. The Morgan fingerprint density at radius 3 is 2.10 bits per heavy atom. The molecule has 9 rings (SSSR count). The van der Waals surface area contributed by atoms with Crippen LogP contribution < -0.4 is 49.2 Å². The van der Waals surface area contributed by atoms with Gasteiger partial charge in [-0.2, -0.15) is 13.9 Å². The van der Waals surface area contributed by atoms with Crippen LogP contribution in [0.3, 0.4) is 0 Å². The van der Waals surface area contributed by atoms with Gasteiger partial charge in [-0.25, -0.2) is 9.59 Å². The number of benzene rings is 4. The Morgan fingerprint density at radius 2 is 1.50 bits per heavy atom. The maximum atomic E-state index is 14.4. The molecule has 72 heavy (non-hydrogen) atoms. The zero-order valence-corrected chi connectivity index (χ0v) is 44.3. The quantitative estimate of drug-likeness (QED) is 0.0218.